The monoisotopic (exact) mass is 395 g/mol. The fraction of sp³-hybridized carbons (Fsp3) is 0.632. The summed E-state index contributed by atoms with van der Waals surface area (Å²) in [6.07, 6.45) is 5.90. The Labute approximate surface area is 161 Å². The summed E-state index contributed by atoms with van der Waals surface area (Å²) in [6.45, 7) is 1.38. The number of nitrogens with two attached hydrogens (primary N) is 1. The number of hydrogen-bond acceptors (Lipinski definition) is 5. The zero-order valence-electron chi connectivity index (χ0n) is 15.8. The van der Waals surface area contributed by atoms with E-state index in [1.54, 1.807) is 12.1 Å². The largest absolute Gasteiger partial charge is 0.495 e. The van der Waals surface area contributed by atoms with Crippen molar-refractivity contribution in [3.8, 4) is 5.75 Å². The van der Waals surface area contributed by atoms with Crippen molar-refractivity contribution in [2.24, 2.45) is 11.7 Å². The lowest BCUT2D eigenvalue weighted by Gasteiger charge is -2.22. The van der Waals surface area contributed by atoms with E-state index in [0.717, 1.165) is 38.5 Å². The van der Waals surface area contributed by atoms with E-state index >= 15 is 0 Å². The smallest absolute Gasteiger partial charge is 0.251 e. The van der Waals surface area contributed by atoms with Crippen LogP contribution in [0.3, 0.4) is 0 Å². The molecule has 1 saturated heterocycles. The van der Waals surface area contributed by atoms with Crippen LogP contribution in [-0.4, -0.2) is 51.4 Å². The van der Waals surface area contributed by atoms with Crippen molar-refractivity contribution in [2.45, 2.75) is 49.5 Å². The molecule has 1 unspecified atom stereocenters. The summed E-state index contributed by atoms with van der Waals surface area (Å²) in [5.41, 5.74) is 6.07. The lowest BCUT2D eigenvalue weighted by Crippen LogP contribution is -2.41. The second-order valence-corrected chi connectivity index (χ2v) is 9.24. The third-order valence-corrected chi connectivity index (χ3v) is 7.29. The minimum atomic E-state index is -3.72. The van der Waals surface area contributed by atoms with Crippen LogP contribution >= 0.6 is 0 Å². The highest BCUT2D eigenvalue weighted by molar-refractivity contribution is 7.89. The predicted molar refractivity (Wildman–Crippen MR) is 103 cm³/mol. The van der Waals surface area contributed by atoms with E-state index < -0.39 is 10.0 Å². The van der Waals surface area contributed by atoms with Crippen molar-refractivity contribution in [3.63, 3.8) is 0 Å². The summed E-state index contributed by atoms with van der Waals surface area (Å²) in [4.78, 5) is 12.7. The normalized spacial score (nSPS) is 19.9. The van der Waals surface area contributed by atoms with Gasteiger partial charge in [-0.2, -0.15) is 4.31 Å². The lowest BCUT2D eigenvalue weighted by atomic mass is 10.1. The van der Waals surface area contributed by atoms with Crippen molar-refractivity contribution in [1.29, 1.82) is 0 Å². The number of amides is 1. The van der Waals surface area contributed by atoms with E-state index in [0.29, 0.717) is 31.1 Å². The first-order chi connectivity index (χ1) is 13.0. The lowest BCUT2D eigenvalue weighted by molar-refractivity contribution is 0.0933. The number of rotatable bonds is 7. The van der Waals surface area contributed by atoms with Gasteiger partial charge in [0, 0.05) is 31.2 Å². The van der Waals surface area contributed by atoms with Gasteiger partial charge in [0.2, 0.25) is 10.0 Å². The van der Waals surface area contributed by atoms with Gasteiger partial charge >= 0.3 is 0 Å². The number of carbonyl (C=O) groups excluding carboxylic acids is 1. The first-order valence-electron chi connectivity index (χ1n) is 9.66. The first-order valence-corrected chi connectivity index (χ1v) is 11.1. The third kappa shape index (κ3) is 4.62. The number of sulfonamides is 1. The van der Waals surface area contributed by atoms with Crippen molar-refractivity contribution in [1.82, 2.24) is 9.62 Å². The Morgan fingerprint density at radius 1 is 1.26 bits per heavy atom. The van der Waals surface area contributed by atoms with Crippen LogP contribution in [0.25, 0.3) is 0 Å². The maximum absolute atomic E-state index is 13.2. The number of benzene rings is 1. The van der Waals surface area contributed by atoms with Crippen LogP contribution in [-0.2, 0) is 10.0 Å². The quantitative estimate of drug-likeness (QED) is 0.732. The van der Waals surface area contributed by atoms with Crippen LogP contribution < -0.4 is 15.8 Å². The molecule has 2 aliphatic rings. The highest BCUT2D eigenvalue weighted by atomic mass is 32.2. The van der Waals surface area contributed by atoms with Crippen molar-refractivity contribution >= 4 is 15.9 Å². The molecule has 1 amide bonds. The molecule has 3 N–H and O–H groups in total. The molecule has 3 rings (SSSR count). The Hall–Kier alpha value is -1.64. The number of nitrogens with zero attached hydrogens (tertiary/aromatic N) is 1. The third-order valence-electron chi connectivity index (χ3n) is 5.37. The zero-order valence-corrected chi connectivity index (χ0v) is 16.6. The Morgan fingerprint density at radius 2 is 1.93 bits per heavy atom. The molecule has 1 aliphatic heterocycles. The molecule has 1 aromatic carbocycles. The SMILES string of the molecule is COc1ccc(C(=O)NC(CN)C2CC2)cc1S(=O)(=O)N1CCCCCC1. The number of ether oxygens (including phenoxy) is 1. The van der Waals surface area contributed by atoms with Gasteiger partial charge in [0.1, 0.15) is 10.6 Å². The minimum absolute atomic E-state index is 0.0512. The average Bonchev–Trinajstić information content (AvgIpc) is 3.52. The summed E-state index contributed by atoms with van der Waals surface area (Å²) >= 11 is 0. The molecule has 0 bridgehead atoms. The summed E-state index contributed by atoms with van der Waals surface area (Å²) in [7, 11) is -2.28. The highest BCUT2D eigenvalue weighted by Gasteiger charge is 2.32. The number of methoxy groups -OCH3 is 1. The van der Waals surface area contributed by atoms with Gasteiger partial charge in [0.05, 0.1) is 7.11 Å². The Balaban J connectivity index is 1.87. The molecule has 1 saturated carbocycles. The summed E-state index contributed by atoms with van der Waals surface area (Å²) in [5.74, 6) is 0.387. The molecule has 1 atom stereocenters. The molecule has 2 fully saturated rings. The van der Waals surface area contributed by atoms with Crippen LogP contribution in [0.5, 0.6) is 5.75 Å². The van der Waals surface area contributed by atoms with E-state index in [2.05, 4.69) is 5.32 Å². The summed E-state index contributed by atoms with van der Waals surface area (Å²) < 4.78 is 33.2. The standard InChI is InChI=1S/C19H29N3O4S/c1-26-17-9-8-15(19(23)21-16(13-20)14-6-7-14)12-18(17)27(24,25)22-10-4-2-3-5-11-22/h8-9,12,14,16H,2-7,10-11,13,20H2,1H3,(H,21,23). The fourth-order valence-corrected chi connectivity index (χ4v) is 5.26. The van der Waals surface area contributed by atoms with E-state index in [-0.39, 0.29) is 22.6 Å². The van der Waals surface area contributed by atoms with E-state index in [1.165, 1.54) is 17.5 Å². The first kappa shape index (κ1) is 20.1. The van der Waals surface area contributed by atoms with Crippen molar-refractivity contribution in [3.05, 3.63) is 23.8 Å². The number of nitrogens with one attached hydrogen (secondary N) is 1. The molecule has 7 nitrogen and oxygen atoms in total. The van der Waals surface area contributed by atoms with E-state index in [9.17, 15) is 13.2 Å². The van der Waals surface area contributed by atoms with Gasteiger partial charge in [-0.1, -0.05) is 12.8 Å². The van der Waals surface area contributed by atoms with Gasteiger partial charge in [0.15, 0.2) is 0 Å². The van der Waals surface area contributed by atoms with Crippen LogP contribution in [0, 0.1) is 5.92 Å². The molecule has 1 aliphatic carbocycles. The van der Waals surface area contributed by atoms with Gasteiger partial charge in [0.25, 0.3) is 5.91 Å². The molecule has 0 aromatic heterocycles. The van der Waals surface area contributed by atoms with E-state index in [4.69, 9.17) is 10.5 Å². The van der Waals surface area contributed by atoms with Gasteiger partial charge < -0.3 is 15.8 Å². The topological polar surface area (TPSA) is 102 Å². The maximum Gasteiger partial charge on any atom is 0.251 e. The average molecular weight is 396 g/mol. The van der Waals surface area contributed by atoms with Crippen LogP contribution in [0.2, 0.25) is 0 Å². The molecular weight excluding hydrogens is 366 g/mol. The molecule has 0 spiro atoms. The summed E-state index contributed by atoms with van der Waals surface area (Å²) in [5, 5.41) is 2.94. The Kier molecular flexibility index (Phi) is 6.39. The molecule has 8 heteroatoms. The molecular formula is C19H29N3O4S. The second-order valence-electron chi connectivity index (χ2n) is 7.34. The van der Waals surface area contributed by atoms with Gasteiger partial charge in [-0.3, -0.25) is 4.79 Å². The molecule has 150 valence electrons. The highest BCUT2D eigenvalue weighted by Crippen LogP contribution is 2.33. The molecule has 1 heterocycles. The molecule has 1 aromatic rings. The summed E-state index contributed by atoms with van der Waals surface area (Å²) in [6, 6.07) is 4.50. The van der Waals surface area contributed by atoms with Crippen LogP contribution in [0.15, 0.2) is 23.1 Å². The maximum atomic E-state index is 13.2. The Bertz CT molecular complexity index is 769. The van der Waals surface area contributed by atoms with Gasteiger partial charge in [-0.25, -0.2) is 8.42 Å². The van der Waals surface area contributed by atoms with Gasteiger partial charge in [-0.05, 0) is 49.8 Å². The Morgan fingerprint density at radius 3 is 2.48 bits per heavy atom. The number of carbonyl (C=O) groups is 1. The van der Waals surface area contributed by atoms with Crippen molar-refractivity contribution < 1.29 is 17.9 Å². The van der Waals surface area contributed by atoms with Gasteiger partial charge in [-0.15, -0.1) is 0 Å². The second kappa shape index (κ2) is 8.58. The van der Waals surface area contributed by atoms with Crippen LogP contribution in [0.4, 0.5) is 0 Å². The zero-order chi connectivity index (χ0) is 19.4. The predicted octanol–water partition coefficient (Wildman–Crippen LogP) is 1.73. The molecule has 0 radical (unpaired) electrons. The minimum Gasteiger partial charge on any atom is -0.495 e. The fourth-order valence-electron chi connectivity index (χ4n) is 3.56. The molecule has 27 heavy (non-hydrogen) atoms. The van der Waals surface area contributed by atoms with Crippen molar-refractivity contribution in [2.75, 3.05) is 26.7 Å². The van der Waals surface area contributed by atoms with E-state index in [1.807, 2.05) is 0 Å². The number of hydrogen-bond donors (Lipinski definition) is 2. The van der Waals surface area contributed by atoms with Crippen LogP contribution in [0.1, 0.15) is 48.9 Å².